The van der Waals surface area contributed by atoms with Crippen molar-refractivity contribution in [2.75, 3.05) is 5.75 Å². The molecular formula is C11H19NOS. The van der Waals surface area contributed by atoms with E-state index in [9.17, 15) is 4.79 Å². The predicted molar refractivity (Wildman–Crippen MR) is 60.1 cm³/mol. The summed E-state index contributed by atoms with van der Waals surface area (Å²) in [4.78, 5) is 14.2. The molecule has 0 spiro atoms. The molecule has 0 bridgehead atoms. The molecule has 2 aliphatic heterocycles. The maximum Gasteiger partial charge on any atom is 0.226 e. The fourth-order valence-corrected chi connectivity index (χ4v) is 4.08. The minimum absolute atomic E-state index is 0.256. The highest BCUT2D eigenvalue weighted by Gasteiger charge is 2.43. The molecule has 2 fully saturated rings. The molecule has 2 rings (SSSR count). The topological polar surface area (TPSA) is 20.3 Å². The second-order valence-electron chi connectivity index (χ2n) is 4.82. The van der Waals surface area contributed by atoms with E-state index in [2.05, 4.69) is 25.7 Å². The summed E-state index contributed by atoms with van der Waals surface area (Å²) >= 11 is 1.97. The third-order valence-corrected chi connectivity index (χ3v) is 4.80. The second kappa shape index (κ2) is 3.76. The summed E-state index contributed by atoms with van der Waals surface area (Å²) in [6.45, 7) is 6.51. The molecule has 0 aliphatic carbocycles. The Kier molecular flexibility index (Phi) is 2.78. The monoisotopic (exact) mass is 213 g/mol. The van der Waals surface area contributed by atoms with Gasteiger partial charge in [-0.05, 0) is 18.8 Å². The van der Waals surface area contributed by atoms with E-state index in [1.807, 2.05) is 11.8 Å². The van der Waals surface area contributed by atoms with E-state index < -0.39 is 0 Å². The van der Waals surface area contributed by atoms with Crippen molar-refractivity contribution in [2.45, 2.75) is 45.0 Å². The van der Waals surface area contributed by atoms with Crippen molar-refractivity contribution in [1.29, 1.82) is 0 Å². The Labute approximate surface area is 90.4 Å². The Bertz CT molecular complexity index is 241. The van der Waals surface area contributed by atoms with Crippen LogP contribution in [0.25, 0.3) is 0 Å². The summed E-state index contributed by atoms with van der Waals surface area (Å²) in [5, 5.41) is 0.492. The van der Waals surface area contributed by atoms with Crippen LogP contribution in [0.3, 0.4) is 0 Å². The average molecular weight is 213 g/mol. The molecule has 80 valence electrons. The summed E-state index contributed by atoms with van der Waals surface area (Å²) < 4.78 is 0. The number of fused-ring (bicyclic) bond motifs is 1. The summed E-state index contributed by atoms with van der Waals surface area (Å²) in [5.74, 6) is 2.39. The molecule has 0 aromatic carbocycles. The molecule has 2 heterocycles. The van der Waals surface area contributed by atoms with Crippen molar-refractivity contribution in [2.24, 2.45) is 11.8 Å². The van der Waals surface area contributed by atoms with Crippen LogP contribution < -0.4 is 0 Å². The number of carbonyl (C=O) groups excluding carboxylic acids is 1. The number of rotatable bonds is 1. The van der Waals surface area contributed by atoms with Gasteiger partial charge in [0.05, 0.1) is 5.37 Å². The van der Waals surface area contributed by atoms with Gasteiger partial charge < -0.3 is 4.90 Å². The molecule has 2 aliphatic rings. The number of nitrogens with zero attached hydrogens (tertiary/aromatic N) is 1. The first-order valence-electron chi connectivity index (χ1n) is 5.55. The minimum atomic E-state index is 0.256. The van der Waals surface area contributed by atoms with Crippen molar-refractivity contribution in [3.63, 3.8) is 0 Å². The molecule has 0 N–H and O–H groups in total. The molecule has 0 unspecified atom stereocenters. The van der Waals surface area contributed by atoms with Gasteiger partial charge in [0.2, 0.25) is 5.91 Å². The molecule has 0 saturated carbocycles. The highest BCUT2D eigenvalue weighted by atomic mass is 32.2. The standard InChI is InChI=1S/C11H19NOS/c1-7(2)9-6-14-10-5-4-8(3)11(13)12(9)10/h7-10H,4-6H2,1-3H3/t8-,9-,10-/m0/s1. The summed E-state index contributed by atoms with van der Waals surface area (Å²) in [6, 6.07) is 0.486. The molecule has 3 atom stereocenters. The smallest absolute Gasteiger partial charge is 0.226 e. The number of carbonyl (C=O) groups is 1. The minimum Gasteiger partial charge on any atom is -0.326 e. The van der Waals surface area contributed by atoms with Crippen LogP contribution in [0.15, 0.2) is 0 Å². The van der Waals surface area contributed by atoms with Gasteiger partial charge in [-0.1, -0.05) is 20.8 Å². The van der Waals surface area contributed by atoms with Crippen LogP contribution in [0.1, 0.15) is 33.6 Å². The van der Waals surface area contributed by atoms with Gasteiger partial charge in [0.1, 0.15) is 0 Å². The van der Waals surface area contributed by atoms with Gasteiger partial charge in [-0.25, -0.2) is 0 Å². The Hall–Kier alpha value is -0.180. The summed E-state index contributed by atoms with van der Waals surface area (Å²) in [6.07, 6.45) is 2.28. The lowest BCUT2D eigenvalue weighted by molar-refractivity contribution is -0.141. The van der Waals surface area contributed by atoms with Crippen LogP contribution in [0.4, 0.5) is 0 Å². The highest BCUT2D eigenvalue weighted by Crippen LogP contribution is 2.40. The number of hydrogen-bond donors (Lipinski definition) is 0. The molecule has 0 radical (unpaired) electrons. The van der Waals surface area contributed by atoms with Crippen molar-refractivity contribution in [3.05, 3.63) is 0 Å². The van der Waals surface area contributed by atoms with Crippen LogP contribution >= 0.6 is 11.8 Å². The molecule has 1 amide bonds. The molecule has 2 saturated heterocycles. The van der Waals surface area contributed by atoms with Crippen LogP contribution in [0.2, 0.25) is 0 Å². The first-order valence-corrected chi connectivity index (χ1v) is 6.60. The first kappa shape index (κ1) is 10.3. The van der Waals surface area contributed by atoms with Gasteiger partial charge in [-0.3, -0.25) is 4.79 Å². The number of hydrogen-bond acceptors (Lipinski definition) is 2. The maximum atomic E-state index is 12.0. The first-order chi connectivity index (χ1) is 6.61. The van der Waals surface area contributed by atoms with Crippen LogP contribution in [-0.2, 0) is 4.79 Å². The lowest BCUT2D eigenvalue weighted by Gasteiger charge is -2.37. The van der Waals surface area contributed by atoms with Crippen LogP contribution in [-0.4, -0.2) is 28.0 Å². The van der Waals surface area contributed by atoms with Gasteiger partial charge in [0.25, 0.3) is 0 Å². The SMILES string of the molecule is CC(C)[C@@H]1CS[C@H]2CC[C@H](C)C(=O)N21. The zero-order valence-corrected chi connectivity index (χ0v) is 10.0. The van der Waals surface area contributed by atoms with Gasteiger partial charge in [0.15, 0.2) is 0 Å². The normalized spacial score (nSPS) is 37.9. The van der Waals surface area contributed by atoms with Crippen LogP contribution in [0, 0.1) is 11.8 Å². The predicted octanol–water partition coefficient (Wildman–Crippen LogP) is 2.34. The Morgan fingerprint density at radius 3 is 2.79 bits per heavy atom. The van der Waals surface area contributed by atoms with Crippen molar-refractivity contribution >= 4 is 17.7 Å². The van der Waals surface area contributed by atoms with Crippen molar-refractivity contribution < 1.29 is 4.79 Å². The van der Waals surface area contributed by atoms with E-state index >= 15 is 0 Å². The zero-order chi connectivity index (χ0) is 10.3. The Morgan fingerprint density at radius 1 is 1.43 bits per heavy atom. The summed E-state index contributed by atoms with van der Waals surface area (Å²) in [7, 11) is 0. The summed E-state index contributed by atoms with van der Waals surface area (Å²) in [5.41, 5.74) is 0. The molecule has 14 heavy (non-hydrogen) atoms. The quantitative estimate of drug-likeness (QED) is 0.666. The fraction of sp³-hybridized carbons (Fsp3) is 0.909. The van der Waals surface area contributed by atoms with E-state index in [0.717, 1.165) is 12.2 Å². The number of piperidine rings is 1. The fourth-order valence-electron chi connectivity index (χ4n) is 2.40. The zero-order valence-electron chi connectivity index (χ0n) is 9.19. The van der Waals surface area contributed by atoms with Crippen LogP contribution in [0.5, 0.6) is 0 Å². The highest BCUT2D eigenvalue weighted by molar-refractivity contribution is 8.00. The molecule has 0 aromatic heterocycles. The number of amides is 1. The van der Waals surface area contributed by atoms with Gasteiger partial charge >= 0.3 is 0 Å². The second-order valence-corrected chi connectivity index (χ2v) is 6.03. The lowest BCUT2D eigenvalue weighted by atomic mass is 9.95. The average Bonchev–Trinajstić information content (AvgIpc) is 2.55. The Balaban J connectivity index is 2.16. The largest absolute Gasteiger partial charge is 0.326 e. The Morgan fingerprint density at radius 2 is 2.14 bits per heavy atom. The molecule has 2 nitrogen and oxygen atoms in total. The van der Waals surface area contributed by atoms with Gasteiger partial charge in [-0.15, -0.1) is 11.8 Å². The van der Waals surface area contributed by atoms with E-state index in [0.29, 0.717) is 23.2 Å². The van der Waals surface area contributed by atoms with Crippen molar-refractivity contribution in [1.82, 2.24) is 4.90 Å². The van der Waals surface area contributed by atoms with E-state index in [1.165, 1.54) is 6.42 Å². The van der Waals surface area contributed by atoms with E-state index in [-0.39, 0.29) is 5.92 Å². The lowest BCUT2D eigenvalue weighted by Crippen LogP contribution is -2.49. The molecular weight excluding hydrogens is 194 g/mol. The van der Waals surface area contributed by atoms with E-state index in [1.54, 1.807) is 0 Å². The van der Waals surface area contributed by atoms with Gasteiger partial charge in [0, 0.05) is 17.7 Å². The third-order valence-electron chi connectivity index (χ3n) is 3.42. The maximum absolute atomic E-state index is 12.0. The third kappa shape index (κ3) is 1.56. The molecule has 3 heteroatoms. The molecule has 0 aromatic rings. The van der Waals surface area contributed by atoms with Crippen molar-refractivity contribution in [3.8, 4) is 0 Å². The van der Waals surface area contributed by atoms with Gasteiger partial charge in [-0.2, -0.15) is 0 Å². The van der Waals surface area contributed by atoms with E-state index in [4.69, 9.17) is 0 Å². The number of thioether (sulfide) groups is 1.